The number of rotatable bonds is 3. The molecule has 9 heteroatoms. The first-order valence-corrected chi connectivity index (χ1v) is 10.2. The van der Waals surface area contributed by atoms with E-state index in [-0.39, 0.29) is 33.6 Å². The van der Waals surface area contributed by atoms with Crippen molar-refractivity contribution in [2.75, 3.05) is 0 Å². The van der Waals surface area contributed by atoms with Gasteiger partial charge in [-0.15, -0.1) is 0 Å². The Morgan fingerprint density at radius 1 is 0.629 bits per heavy atom. The van der Waals surface area contributed by atoms with Crippen LogP contribution in [0.25, 0.3) is 0 Å². The molecule has 35 heavy (non-hydrogen) atoms. The van der Waals surface area contributed by atoms with Crippen LogP contribution in [-0.4, -0.2) is 35.6 Å². The topological polar surface area (TPSA) is 130 Å². The molecule has 0 spiro atoms. The summed E-state index contributed by atoms with van der Waals surface area (Å²) in [6.45, 7) is 3.32. The normalized spacial score (nSPS) is 13.2. The predicted octanol–water partition coefficient (Wildman–Crippen LogP) is 3.72. The third kappa shape index (κ3) is 4.74. The van der Waals surface area contributed by atoms with Crippen molar-refractivity contribution in [1.29, 1.82) is 0 Å². The van der Waals surface area contributed by atoms with E-state index < -0.39 is 29.8 Å². The number of hydrogen-bond donors (Lipinski definition) is 0. The van der Waals surface area contributed by atoms with Gasteiger partial charge < -0.3 is 14.2 Å². The van der Waals surface area contributed by atoms with Gasteiger partial charge >= 0.3 is 29.8 Å². The van der Waals surface area contributed by atoms with Crippen LogP contribution in [-0.2, 0) is 9.47 Å². The average Bonchev–Trinajstić information content (AvgIpc) is 3.29. The van der Waals surface area contributed by atoms with E-state index >= 15 is 0 Å². The highest BCUT2D eigenvalue weighted by Crippen LogP contribution is 2.23. The lowest BCUT2D eigenvalue weighted by atomic mass is 10.0. The molecule has 2 heterocycles. The van der Waals surface area contributed by atoms with Crippen LogP contribution >= 0.6 is 0 Å². The lowest BCUT2D eigenvalue weighted by Crippen LogP contribution is -2.09. The zero-order valence-electron chi connectivity index (χ0n) is 18.4. The number of hydrogen-bond acceptors (Lipinski definition) is 9. The first-order valence-electron chi connectivity index (χ1n) is 10.2. The molecule has 0 saturated heterocycles. The molecule has 0 unspecified atom stereocenters. The number of fused-ring (bicyclic) bond motifs is 2. The standard InChI is InChI=1S/C16H10O5.C10H6O4/c1-9-2-5-11(6-3-9)20-14(17)10-4-7-12-13(8-10)16(19)21-15(12)18;1-5(11)6-2-3-7-8(4-6)10(13)14-9(7)12/h2-8H,1H3;2-4H,1H3. The van der Waals surface area contributed by atoms with Crippen molar-refractivity contribution in [1.82, 2.24) is 0 Å². The molecule has 0 radical (unpaired) electrons. The minimum atomic E-state index is -0.750. The van der Waals surface area contributed by atoms with Gasteiger partial charge in [0.05, 0.1) is 27.8 Å². The van der Waals surface area contributed by atoms with Crippen LogP contribution < -0.4 is 4.74 Å². The highest BCUT2D eigenvalue weighted by molar-refractivity contribution is 6.16. The summed E-state index contributed by atoms with van der Waals surface area (Å²) >= 11 is 0. The maximum absolute atomic E-state index is 12.0. The number of carbonyl (C=O) groups is 6. The minimum absolute atomic E-state index is 0.0818. The monoisotopic (exact) mass is 472 g/mol. The summed E-state index contributed by atoms with van der Waals surface area (Å²) in [4.78, 5) is 67.9. The minimum Gasteiger partial charge on any atom is -0.423 e. The molecule has 0 saturated carbocycles. The fourth-order valence-corrected chi connectivity index (χ4v) is 3.29. The van der Waals surface area contributed by atoms with Crippen LogP contribution in [0.1, 0.15) is 74.6 Å². The largest absolute Gasteiger partial charge is 0.423 e. The number of benzene rings is 3. The van der Waals surface area contributed by atoms with Crippen molar-refractivity contribution in [3.05, 3.63) is 99.6 Å². The summed E-state index contributed by atoms with van der Waals surface area (Å²) in [5.74, 6) is -3.14. The van der Waals surface area contributed by atoms with Crippen LogP contribution in [0.3, 0.4) is 0 Å². The third-order valence-electron chi connectivity index (χ3n) is 5.16. The first-order chi connectivity index (χ1) is 16.6. The Morgan fingerprint density at radius 2 is 1.09 bits per heavy atom. The molecule has 0 atom stereocenters. The molecule has 5 rings (SSSR count). The SMILES string of the molecule is CC(=O)c1ccc2c(c1)C(=O)OC2=O.Cc1ccc(OC(=O)c2ccc3c(c2)C(=O)OC3=O)cc1. The smallest absolute Gasteiger partial charge is 0.346 e. The van der Waals surface area contributed by atoms with Gasteiger partial charge in [-0.2, -0.15) is 0 Å². The molecule has 3 aromatic carbocycles. The van der Waals surface area contributed by atoms with Crippen molar-refractivity contribution >= 4 is 35.6 Å². The van der Waals surface area contributed by atoms with Gasteiger partial charge in [0, 0.05) is 5.56 Å². The van der Waals surface area contributed by atoms with E-state index in [1.807, 2.05) is 19.1 Å². The van der Waals surface area contributed by atoms with Crippen LogP contribution in [0.15, 0.2) is 60.7 Å². The summed E-state index contributed by atoms with van der Waals surface area (Å²) in [6, 6.07) is 15.4. The molecule has 2 aliphatic rings. The second-order valence-corrected chi connectivity index (χ2v) is 7.63. The molecule has 9 nitrogen and oxygen atoms in total. The van der Waals surface area contributed by atoms with E-state index in [0.717, 1.165) is 5.56 Å². The van der Waals surface area contributed by atoms with Crippen molar-refractivity contribution in [2.24, 2.45) is 0 Å². The summed E-state index contributed by atoms with van der Waals surface area (Å²) in [6.07, 6.45) is 0. The van der Waals surface area contributed by atoms with Crippen molar-refractivity contribution in [2.45, 2.75) is 13.8 Å². The van der Waals surface area contributed by atoms with Gasteiger partial charge in [-0.25, -0.2) is 24.0 Å². The molecule has 0 fully saturated rings. The molecule has 0 amide bonds. The van der Waals surface area contributed by atoms with Gasteiger partial charge in [-0.05, 0) is 56.3 Å². The van der Waals surface area contributed by atoms with Crippen LogP contribution in [0.4, 0.5) is 0 Å². The second-order valence-electron chi connectivity index (χ2n) is 7.63. The van der Waals surface area contributed by atoms with E-state index in [9.17, 15) is 28.8 Å². The number of ketones is 1. The third-order valence-corrected chi connectivity index (χ3v) is 5.16. The zero-order valence-corrected chi connectivity index (χ0v) is 18.4. The van der Waals surface area contributed by atoms with E-state index in [1.54, 1.807) is 12.1 Å². The molecule has 3 aromatic rings. The Morgan fingerprint density at radius 3 is 1.60 bits per heavy atom. The van der Waals surface area contributed by atoms with Gasteiger partial charge in [0.1, 0.15) is 5.75 Å². The molecular formula is C26H16O9. The maximum Gasteiger partial charge on any atom is 0.346 e. The summed E-state index contributed by atoms with van der Waals surface area (Å²) in [5.41, 5.74) is 2.26. The van der Waals surface area contributed by atoms with Crippen molar-refractivity contribution < 1.29 is 43.0 Å². The number of cyclic esters (lactones) is 4. The Balaban J connectivity index is 0.000000179. The number of Topliss-reactive ketones (excluding diaryl/α,β-unsaturated/α-hetero) is 1. The summed E-state index contributed by atoms with van der Waals surface area (Å²) < 4.78 is 14.0. The van der Waals surface area contributed by atoms with E-state index in [2.05, 4.69) is 9.47 Å². The number of carbonyl (C=O) groups excluding carboxylic acids is 6. The summed E-state index contributed by atoms with van der Waals surface area (Å²) in [7, 11) is 0. The average molecular weight is 472 g/mol. The number of esters is 5. The fraction of sp³-hybridized carbons (Fsp3) is 0.0769. The van der Waals surface area contributed by atoms with Gasteiger partial charge in [0.2, 0.25) is 0 Å². The maximum atomic E-state index is 12.0. The Hall–Kier alpha value is -4.92. The second kappa shape index (κ2) is 9.14. The Labute approximate surface area is 198 Å². The highest BCUT2D eigenvalue weighted by Gasteiger charge is 2.31. The van der Waals surface area contributed by atoms with Crippen LogP contribution in [0.2, 0.25) is 0 Å². The van der Waals surface area contributed by atoms with Gasteiger partial charge in [-0.3, -0.25) is 4.79 Å². The molecule has 174 valence electrons. The molecule has 0 aromatic heterocycles. The molecule has 0 N–H and O–H groups in total. The Kier molecular flexibility index (Phi) is 6.07. The number of aryl methyl sites for hydroxylation is 1. The lowest BCUT2D eigenvalue weighted by Gasteiger charge is -2.05. The highest BCUT2D eigenvalue weighted by atomic mass is 16.6. The molecule has 0 aliphatic carbocycles. The predicted molar refractivity (Wildman–Crippen MR) is 119 cm³/mol. The number of ether oxygens (including phenoxy) is 3. The van der Waals surface area contributed by atoms with Crippen molar-refractivity contribution in [3.63, 3.8) is 0 Å². The quantitative estimate of drug-likeness (QED) is 0.242. The van der Waals surface area contributed by atoms with Gasteiger partial charge in [0.25, 0.3) is 0 Å². The molecule has 0 bridgehead atoms. The van der Waals surface area contributed by atoms with Gasteiger partial charge in [0.15, 0.2) is 5.78 Å². The zero-order chi connectivity index (χ0) is 25.3. The Bertz CT molecular complexity index is 1430. The lowest BCUT2D eigenvalue weighted by molar-refractivity contribution is 0.0425. The summed E-state index contributed by atoms with van der Waals surface area (Å²) in [5, 5.41) is 0. The van der Waals surface area contributed by atoms with E-state index in [4.69, 9.17) is 4.74 Å². The fourth-order valence-electron chi connectivity index (χ4n) is 3.29. The van der Waals surface area contributed by atoms with E-state index in [1.165, 1.54) is 43.3 Å². The molecule has 2 aliphatic heterocycles. The first kappa shape index (κ1) is 23.2. The van der Waals surface area contributed by atoms with E-state index in [0.29, 0.717) is 11.3 Å². The molecular weight excluding hydrogens is 456 g/mol. The van der Waals surface area contributed by atoms with Crippen LogP contribution in [0.5, 0.6) is 5.75 Å². The van der Waals surface area contributed by atoms with Gasteiger partial charge in [-0.1, -0.05) is 23.8 Å². The van der Waals surface area contributed by atoms with Crippen molar-refractivity contribution in [3.8, 4) is 5.75 Å². The van der Waals surface area contributed by atoms with Crippen LogP contribution in [0, 0.1) is 6.92 Å².